The van der Waals surface area contributed by atoms with Gasteiger partial charge in [0, 0.05) is 18.8 Å². The molecule has 0 radical (unpaired) electrons. The zero-order valence-corrected chi connectivity index (χ0v) is 15.9. The number of hydrogen-bond acceptors (Lipinski definition) is 3. The first kappa shape index (κ1) is 18.9. The van der Waals surface area contributed by atoms with E-state index in [0.717, 1.165) is 37.4 Å². The first-order valence-corrected chi connectivity index (χ1v) is 9.21. The number of nitrogens with one attached hydrogen (secondary N) is 1. The molecule has 2 atom stereocenters. The summed E-state index contributed by atoms with van der Waals surface area (Å²) in [7, 11) is 2.20. The molecule has 0 spiro atoms. The van der Waals surface area contributed by atoms with Crippen LogP contribution in [0.5, 0.6) is 0 Å². The van der Waals surface area contributed by atoms with Crippen molar-refractivity contribution in [3.05, 3.63) is 29.3 Å². The lowest BCUT2D eigenvalue weighted by Gasteiger charge is -2.25. The number of benzene rings is 1. The van der Waals surface area contributed by atoms with Gasteiger partial charge in [0.25, 0.3) is 0 Å². The minimum absolute atomic E-state index is 0.0767. The lowest BCUT2D eigenvalue weighted by atomic mass is 10.1. The average molecular weight is 332 g/mol. The number of anilines is 1. The molecule has 0 unspecified atom stereocenters. The molecular formula is C20H33N3O. The van der Waals surface area contributed by atoms with E-state index >= 15 is 0 Å². The van der Waals surface area contributed by atoms with Crippen molar-refractivity contribution in [1.82, 2.24) is 9.80 Å². The van der Waals surface area contributed by atoms with Gasteiger partial charge >= 0.3 is 0 Å². The summed E-state index contributed by atoms with van der Waals surface area (Å²) in [6.07, 6.45) is 2.39. The van der Waals surface area contributed by atoms with Crippen molar-refractivity contribution in [1.29, 1.82) is 0 Å². The third kappa shape index (κ3) is 5.05. The molecule has 0 saturated carbocycles. The van der Waals surface area contributed by atoms with Crippen molar-refractivity contribution in [2.24, 2.45) is 5.92 Å². The van der Waals surface area contributed by atoms with E-state index in [2.05, 4.69) is 42.1 Å². The Labute approximate surface area is 147 Å². The molecule has 1 fully saturated rings. The highest BCUT2D eigenvalue weighted by atomic mass is 16.2. The van der Waals surface area contributed by atoms with Gasteiger partial charge in [-0.25, -0.2) is 0 Å². The van der Waals surface area contributed by atoms with Crippen molar-refractivity contribution in [2.45, 2.75) is 46.6 Å². The number of rotatable bonds is 7. The third-order valence-electron chi connectivity index (χ3n) is 5.06. The zero-order valence-electron chi connectivity index (χ0n) is 15.9. The van der Waals surface area contributed by atoms with E-state index in [-0.39, 0.29) is 11.9 Å². The predicted octanol–water partition coefficient (Wildman–Crippen LogP) is 3.29. The van der Waals surface area contributed by atoms with Crippen LogP contribution in [0.4, 0.5) is 5.69 Å². The van der Waals surface area contributed by atoms with E-state index in [9.17, 15) is 4.79 Å². The third-order valence-corrected chi connectivity index (χ3v) is 5.06. The lowest BCUT2D eigenvalue weighted by molar-refractivity contribution is -0.120. The molecule has 0 aromatic heterocycles. The van der Waals surface area contributed by atoms with Crippen LogP contribution in [-0.2, 0) is 4.79 Å². The summed E-state index contributed by atoms with van der Waals surface area (Å²) in [4.78, 5) is 17.3. The van der Waals surface area contributed by atoms with Crippen LogP contribution in [0, 0.1) is 19.8 Å². The summed E-state index contributed by atoms with van der Waals surface area (Å²) >= 11 is 0. The molecule has 134 valence electrons. The summed E-state index contributed by atoms with van der Waals surface area (Å²) in [6.45, 7) is 12.7. The van der Waals surface area contributed by atoms with Crippen LogP contribution in [0.3, 0.4) is 0 Å². The monoisotopic (exact) mass is 331 g/mol. The number of amides is 1. The van der Waals surface area contributed by atoms with Crippen LogP contribution in [0.2, 0.25) is 0 Å². The molecular weight excluding hydrogens is 298 g/mol. The molecule has 24 heavy (non-hydrogen) atoms. The summed E-state index contributed by atoms with van der Waals surface area (Å²) in [5.41, 5.74) is 3.27. The minimum atomic E-state index is -0.0767. The van der Waals surface area contributed by atoms with Crippen molar-refractivity contribution >= 4 is 11.6 Å². The normalized spacial score (nSPS) is 19.7. The molecule has 2 rings (SSSR count). The van der Waals surface area contributed by atoms with E-state index in [1.165, 1.54) is 18.4 Å². The molecule has 1 saturated heterocycles. The number of carbonyl (C=O) groups excluding carboxylic acids is 1. The molecule has 4 nitrogen and oxygen atoms in total. The van der Waals surface area contributed by atoms with Gasteiger partial charge in [0.15, 0.2) is 0 Å². The highest BCUT2D eigenvalue weighted by Gasteiger charge is 2.30. The van der Waals surface area contributed by atoms with Crippen molar-refractivity contribution in [3.8, 4) is 0 Å². The number of hydrogen-bond donors (Lipinski definition) is 1. The van der Waals surface area contributed by atoms with Gasteiger partial charge in [-0.15, -0.1) is 0 Å². The van der Waals surface area contributed by atoms with Crippen molar-refractivity contribution < 1.29 is 4.79 Å². The van der Waals surface area contributed by atoms with Crippen LogP contribution in [0.25, 0.3) is 0 Å². The number of carbonyl (C=O) groups is 1. The van der Waals surface area contributed by atoms with Crippen molar-refractivity contribution in [3.63, 3.8) is 0 Å². The van der Waals surface area contributed by atoms with Crippen LogP contribution in [0.1, 0.15) is 37.8 Å². The quantitative estimate of drug-likeness (QED) is 0.833. The molecule has 1 N–H and O–H groups in total. The molecule has 1 heterocycles. The number of aryl methyl sites for hydroxylation is 2. The first-order valence-electron chi connectivity index (χ1n) is 9.21. The predicted molar refractivity (Wildman–Crippen MR) is 101 cm³/mol. The molecule has 1 aliphatic heterocycles. The SMILES string of the molecule is CCCN(C)C[C@H]1CCN([C@H](C)C(=O)Nc2ccc(C)cc2C)C1. The Morgan fingerprint density at radius 2 is 2.17 bits per heavy atom. The first-order chi connectivity index (χ1) is 11.4. The van der Waals surface area contributed by atoms with E-state index in [0.29, 0.717) is 5.92 Å². The second-order valence-corrected chi connectivity index (χ2v) is 7.40. The van der Waals surface area contributed by atoms with Crippen molar-refractivity contribution in [2.75, 3.05) is 38.5 Å². The van der Waals surface area contributed by atoms with Gasteiger partial charge in [0.2, 0.25) is 5.91 Å². The van der Waals surface area contributed by atoms with E-state index in [1.807, 2.05) is 26.0 Å². The van der Waals surface area contributed by atoms with Gasteiger partial charge in [-0.3, -0.25) is 9.69 Å². The fourth-order valence-corrected chi connectivity index (χ4v) is 3.63. The molecule has 1 aromatic rings. The average Bonchev–Trinajstić information content (AvgIpc) is 2.97. The highest BCUT2D eigenvalue weighted by Crippen LogP contribution is 2.21. The van der Waals surface area contributed by atoms with Crippen LogP contribution in [0.15, 0.2) is 18.2 Å². The smallest absolute Gasteiger partial charge is 0.241 e. The van der Waals surface area contributed by atoms with Gasteiger partial charge in [0.05, 0.1) is 6.04 Å². The Bertz CT molecular complexity index is 558. The van der Waals surface area contributed by atoms with Gasteiger partial charge in [0.1, 0.15) is 0 Å². The number of nitrogens with zero attached hydrogens (tertiary/aromatic N) is 2. The summed E-state index contributed by atoms with van der Waals surface area (Å²) in [5, 5.41) is 3.10. The lowest BCUT2D eigenvalue weighted by Crippen LogP contribution is -2.41. The second-order valence-electron chi connectivity index (χ2n) is 7.40. The largest absolute Gasteiger partial charge is 0.324 e. The van der Waals surface area contributed by atoms with Crippen LogP contribution < -0.4 is 5.32 Å². The van der Waals surface area contributed by atoms with Gasteiger partial charge in [-0.05, 0) is 71.3 Å². The summed E-state index contributed by atoms with van der Waals surface area (Å²) in [5.74, 6) is 0.780. The maximum atomic E-state index is 12.6. The van der Waals surface area contributed by atoms with E-state index in [1.54, 1.807) is 0 Å². The molecule has 0 bridgehead atoms. The maximum Gasteiger partial charge on any atom is 0.241 e. The molecule has 1 aromatic carbocycles. The summed E-state index contributed by atoms with van der Waals surface area (Å²) < 4.78 is 0. The Kier molecular flexibility index (Phi) is 6.81. The second kappa shape index (κ2) is 8.63. The Hall–Kier alpha value is -1.39. The molecule has 4 heteroatoms. The van der Waals surface area contributed by atoms with Crippen LogP contribution >= 0.6 is 0 Å². The fourth-order valence-electron chi connectivity index (χ4n) is 3.63. The van der Waals surface area contributed by atoms with Gasteiger partial charge in [-0.1, -0.05) is 24.6 Å². The zero-order chi connectivity index (χ0) is 17.7. The fraction of sp³-hybridized carbons (Fsp3) is 0.650. The molecule has 0 aliphatic carbocycles. The Balaban J connectivity index is 1.87. The molecule has 1 aliphatic rings. The molecule has 1 amide bonds. The summed E-state index contributed by atoms with van der Waals surface area (Å²) in [6, 6.07) is 6.08. The highest BCUT2D eigenvalue weighted by molar-refractivity contribution is 5.95. The Morgan fingerprint density at radius 1 is 1.42 bits per heavy atom. The van der Waals surface area contributed by atoms with Gasteiger partial charge in [-0.2, -0.15) is 0 Å². The maximum absolute atomic E-state index is 12.6. The Morgan fingerprint density at radius 3 is 2.83 bits per heavy atom. The standard InChI is InChI=1S/C20H33N3O/c1-6-10-22(5)13-18-9-11-23(14-18)17(4)20(24)21-19-8-7-15(2)12-16(19)3/h7-8,12,17-18H,6,9-11,13-14H2,1-5H3,(H,21,24)/t17-,18-/m1/s1. The van der Waals surface area contributed by atoms with E-state index in [4.69, 9.17) is 0 Å². The van der Waals surface area contributed by atoms with Gasteiger partial charge < -0.3 is 10.2 Å². The minimum Gasteiger partial charge on any atom is -0.324 e. The van der Waals surface area contributed by atoms with Crippen LogP contribution in [-0.4, -0.2) is 55.0 Å². The topological polar surface area (TPSA) is 35.6 Å². The number of likely N-dealkylation sites (tertiary alicyclic amines) is 1. The van der Waals surface area contributed by atoms with E-state index < -0.39 is 0 Å².